The first-order valence-electron chi connectivity index (χ1n) is 9.65. The molecule has 0 radical (unpaired) electrons. The topological polar surface area (TPSA) is 82.1 Å². The zero-order valence-corrected chi connectivity index (χ0v) is 17.7. The minimum absolute atomic E-state index is 0.0345. The Hall–Kier alpha value is -3.47. The van der Waals surface area contributed by atoms with Crippen molar-refractivity contribution in [3.63, 3.8) is 0 Å². The molecule has 0 saturated heterocycles. The molecule has 0 amide bonds. The molecule has 1 aromatic carbocycles. The van der Waals surface area contributed by atoms with E-state index in [0.717, 1.165) is 6.07 Å². The fraction of sp³-hybridized carbons (Fsp3) is 0.190. The van der Waals surface area contributed by atoms with Crippen LogP contribution in [-0.2, 0) is 23.1 Å². The molecule has 32 heavy (non-hydrogen) atoms. The van der Waals surface area contributed by atoms with Crippen molar-refractivity contribution in [2.24, 2.45) is 7.05 Å². The monoisotopic (exact) mass is 459 g/mol. The van der Waals surface area contributed by atoms with Gasteiger partial charge in [-0.1, -0.05) is 25.1 Å². The van der Waals surface area contributed by atoms with Crippen molar-refractivity contribution >= 4 is 37.3 Å². The quantitative estimate of drug-likeness (QED) is 0.403. The van der Waals surface area contributed by atoms with Gasteiger partial charge in [0, 0.05) is 18.6 Å². The maximum Gasteiger partial charge on any atom is 0.418 e. The first-order valence-corrected chi connectivity index (χ1v) is 11.3. The van der Waals surface area contributed by atoms with Crippen molar-refractivity contribution in [2.45, 2.75) is 18.0 Å². The number of alkyl halides is 3. The van der Waals surface area contributed by atoms with E-state index >= 15 is 0 Å². The summed E-state index contributed by atoms with van der Waals surface area (Å²) in [5, 5.41) is 4.71. The number of hydrogen-bond donors (Lipinski definition) is 0. The van der Waals surface area contributed by atoms with Crippen LogP contribution in [-0.4, -0.2) is 38.3 Å². The van der Waals surface area contributed by atoms with E-state index in [1.165, 1.54) is 23.7 Å². The summed E-state index contributed by atoms with van der Waals surface area (Å²) in [5.41, 5.74) is 0.245. The second-order valence-corrected chi connectivity index (χ2v) is 9.51. The van der Waals surface area contributed by atoms with Gasteiger partial charge in [-0.05, 0) is 18.2 Å². The largest absolute Gasteiger partial charge is 0.418 e. The maximum absolute atomic E-state index is 13.5. The summed E-state index contributed by atoms with van der Waals surface area (Å²) in [6, 6.07) is 8.91. The molecule has 0 fully saturated rings. The van der Waals surface area contributed by atoms with Crippen molar-refractivity contribution < 1.29 is 21.6 Å². The molecule has 5 rings (SSSR count). The molecule has 5 aromatic rings. The lowest BCUT2D eigenvalue weighted by Gasteiger charge is -2.10. The van der Waals surface area contributed by atoms with Gasteiger partial charge in [-0.3, -0.25) is 4.98 Å². The Morgan fingerprint density at radius 2 is 1.88 bits per heavy atom. The molecule has 0 aliphatic heterocycles. The van der Waals surface area contributed by atoms with Crippen LogP contribution < -0.4 is 0 Å². The second-order valence-electron chi connectivity index (χ2n) is 7.30. The highest BCUT2D eigenvalue weighted by Crippen LogP contribution is 2.38. The maximum atomic E-state index is 13.5. The SMILES string of the molecule is CCS(=O)(=O)c1c(-c2nc3cnc4c(C(F)(F)F)cccc4c3n2C)nn2ccccc12. The highest BCUT2D eigenvalue weighted by molar-refractivity contribution is 7.91. The van der Waals surface area contributed by atoms with Crippen LogP contribution in [0.2, 0.25) is 0 Å². The molecule has 0 atom stereocenters. The summed E-state index contributed by atoms with van der Waals surface area (Å²) >= 11 is 0. The number of pyridine rings is 2. The van der Waals surface area contributed by atoms with Gasteiger partial charge in [0.05, 0.1) is 34.1 Å². The Labute approximate surface area is 180 Å². The highest BCUT2D eigenvalue weighted by Gasteiger charge is 2.34. The van der Waals surface area contributed by atoms with E-state index in [9.17, 15) is 21.6 Å². The van der Waals surface area contributed by atoms with Gasteiger partial charge in [-0.2, -0.15) is 18.3 Å². The minimum Gasteiger partial charge on any atom is -0.325 e. The van der Waals surface area contributed by atoms with Crippen LogP contribution in [0.15, 0.2) is 53.7 Å². The molecule has 0 unspecified atom stereocenters. The van der Waals surface area contributed by atoms with Gasteiger partial charge in [-0.25, -0.2) is 17.9 Å². The number of para-hydroxylation sites is 1. The van der Waals surface area contributed by atoms with Crippen LogP contribution in [0.5, 0.6) is 0 Å². The van der Waals surface area contributed by atoms with Gasteiger partial charge in [0.15, 0.2) is 15.7 Å². The van der Waals surface area contributed by atoms with Crippen molar-refractivity contribution in [1.82, 2.24) is 24.1 Å². The number of rotatable bonds is 3. The van der Waals surface area contributed by atoms with Crippen LogP contribution in [0.25, 0.3) is 39.0 Å². The van der Waals surface area contributed by atoms with Crippen LogP contribution in [0.4, 0.5) is 13.2 Å². The molecule has 4 aromatic heterocycles. The average Bonchev–Trinajstić information content (AvgIpc) is 3.31. The van der Waals surface area contributed by atoms with Gasteiger partial charge in [0.2, 0.25) is 0 Å². The molecule has 4 heterocycles. The van der Waals surface area contributed by atoms with E-state index in [1.807, 2.05) is 0 Å². The summed E-state index contributed by atoms with van der Waals surface area (Å²) in [5.74, 6) is 0.0852. The number of sulfone groups is 1. The summed E-state index contributed by atoms with van der Waals surface area (Å²) in [6.07, 6.45) is -1.67. The Kier molecular flexibility index (Phi) is 4.32. The standard InChI is InChI=1S/C21H16F3N5O2S/c1-3-32(30,31)19-15-9-4-5-10-29(15)27-17(19)20-26-14-11-25-16-12(18(14)28(20)2)7-6-8-13(16)21(22,23)24/h4-11H,3H2,1-2H3. The predicted octanol–water partition coefficient (Wildman–Crippen LogP) is 4.25. The van der Waals surface area contributed by atoms with Gasteiger partial charge < -0.3 is 4.57 Å². The van der Waals surface area contributed by atoms with E-state index < -0.39 is 21.6 Å². The zero-order valence-electron chi connectivity index (χ0n) is 16.9. The van der Waals surface area contributed by atoms with Crippen LogP contribution in [0.3, 0.4) is 0 Å². The lowest BCUT2D eigenvalue weighted by atomic mass is 10.1. The van der Waals surface area contributed by atoms with E-state index in [-0.39, 0.29) is 33.1 Å². The van der Waals surface area contributed by atoms with Gasteiger partial charge in [0.25, 0.3) is 0 Å². The summed E-state index contributed by atoms with van der Waals surface area (Å²) < 4.78 is 69.4. The summed E-state index contributed by atoms with van der Waals surface area (Å²) in [6.45, 7) is 1.54. The Bertz CT molecular complexity index is 1630. The average molecular weight is 459 g/mol. The Balaban J connectivity index is 1.88. The number of nitrogens with zero attached hydrogens (tertiary/aromatic N) is 5. The number of aryl methyl sites for hydroxylation is 1. The van der Waals surface area contributed by atoms with Crippen molar-refractivity contribution in [3.8, 4) is 11.5 Å². The van der Waals surface area contributed by atoms with Crippen LogP contribution in [0.1, 0.15) is 12.5 Å². The Morgan fingerprint density at radius 3 is 2.59 bits per heavy atom. The number of hydrogen-bond acceptors (Lipinski definition) is 5. The van der Waals surface area contributed by atoms with Crippen LogP contribution >= 0.6 is 0 Å². The Morgan fingerprint density at radius 1 is 1.09 bits per heavy atom. The van der Waals surface area contributed by atoms with Crippen molar-refractivity contribution in [2.75, 3.05) is 5.75 Å². The number of aromatic nitrogens is 5. The van der Waals surface area contributed by atoms with E-state index in [4.69, 9.17) is 0 Å². The molecule has 11 heteroatoms. The third-order valence-electron chi connectivity index (χ3n) is 5.43. The molecule has 0 bridgehead atoms. The zero-order chi connectivity index (χ0) is 22.8. The molecule has 0 N–H and O–H groups in total. The molecule has 0 saturated carbocycles. The number of halogens is 3. The molecule has 7 nitrogen and oxygen atoms in total. The minimum atomic E-state index is -4.56. The van der Waals surface area contributed by atoms with E-state index in [0.29, 0.717) is 16.6 Å². The van der Waals surface area contributed by atoms with E-state index in [1.54, 1.807) is 42.1 Å². The molecular formula is C21H16F3N5O2S. The van der Waals surface area contributed by atoms with E-state index in [2.05, 4.69) is 15.1 Å². The van der Waals surface area contributed by atoms with Gasteiger partial charge >= 0.3 is 6.18 Å². The number of fused-ring (bicyclic) bond motifs is 4. The first-order chi connectivity index (χ1) is 15.1. The van der Waals surface area contributed by atoms with Gasteiger partial charge in [0.1, 0.15) is 16.1 Å². The third-order valence-corrected chi connectivity index (χ3v) is 7.22. The van der Waals surface area contributed by atoms with Gasteiger partial charge in [-0.15, -0.1) is 0 Å². The summed E-state index contributed by atoms with van der Waals surface area (Å²) in [4.78, 5) is 8.56. The third kappa shape index (κ3) is 2.88. The molecule has 0 spiro atoms. The smallest absolute Gasteiger partial charge is 0.325 e. The predicted molar refractivity (Wildman–Crippen MR) is 113 cm³/mol. The molecule has 164 valence electrons. The lowest BCUT2D eigenvalue weighted by molar-refractivity contribution is -0.136. The van der Waals surface area contributed by atoms with Crippen molar-refractivity contribution in [1.29, 1.82) is 0 Å². The highest BCUT2D eigenvalue weighted by atomic mass is 32.2. The molecule has 0 aliphatic carbocycles. The van der Waals surface area contributed by atoms with Crippen LogP contribution in [0, 0.1) is 0 Å². The first kappa shape index (κ1) is 20.4. The summed E-state index contributed by atoms with van der Waals surface area (Å²) in [7, 11) is -2.06. The second kappa shape index (κ2) is 6.76. The number of benzene rings is 1. The molecular weight excluding hydrogens is 443 g/mol. The molecule has 0 aliphatic rings. The fourth-order valence-corrected chi connectivity index (χ4v) is 5.14. The fourth-order valence-electron chi connectivity index (χ4n) is 3.94. The van der Waals surface area contributed by atoms with Crippen molar-refractivity contribution in [3.05, 3.63) is 54.4 Å². The normalized spacial score (nSPS) is 12.9. The lowest BCUT2D eigenvalue weighted by Crippen LogP contribution is -2.07. The number of imidazole rings is 1.